The molecule has 1 aromatic heterocycles. The molecule has 1 N–H and O–H groups in total. The topological polar surface area (TPSA) is 54.9 Å². The summed E-state index contributed by atoms with van der Waals surface area (Å²) in [5.74, 6) is 0.470. The maximum Gasteiger partial charge on any atom is 0.270 e. The number of nitrogens with zero attached hydrogens (tertiary/aromatic N) is 2. The van der Waals surface area contributed by atoms with Crippen LogP contribution in [-0.2, 0) is 0 Å². The SMILES string of the molecule is O=C(NCCCl)c1nc(-c2ccc(Br)cc2)nc2c(Cl)cccc12. The molecule has 0 atom stereocenters. The molecule has 0 bridgehead atoms. The first-order chi connectivity index (χ1) is 11.6. The van der Waals surface area contributed by atoms with E-state index in [9.17, 15) is 4.79 Å². The van der Waals surface area contributed by atoms with Gasteiger partial charge in [-0.1, -0.05) is 51.8 Å². The minimum Gasteiger partial charge on any atom is -0.349 e. The van der Waals surface area contributed by atoms with Gasteiger partial charge < -0.3 is 5.32 Å². The van der Waals surface area contributed by atoms with Crippen LogP contribution in [0.5, 0.6) is 0 Å². The Kier molecular flexibility index (Phi) is 5.33. The van der Waals surface area contributed by atoms with Gasteiger partial charge in [-0.3, -0.25) is 4.79 Å². The monoisotopic (exact) mass is 423 g/mol. The minimum atomic E-state index is -0.302. The number of benzene rings is 2. The van der Waals surface area contributed by atoms with E-state index in [1.807, 2.05) is 24.3 Å². The normalized spacial score (nSPS) is 10.8. The molecule has 0 unspecified atom stereocenters. The molecule has 0 spiro atoms. The molecular formula is C17H12BrCl2N3O. The third-order valence-electron chi connectivity index (χ3n) is 3.37. The number of carbonyl (C=O) groups is 1. The summed E-state index contributed by atoms with van der Waals surface area (Å²) in [7, 11) is 0. The Hall–Kier alpha value is -1.69. The summed E-state index contributed by atoms with van der Waals surface area (Å²) in [5.41, 5.74) is 1.63. The van der Waals surface area contributed by atoms with E-state index >= 15 is 0 Å². The fourth-order valence-corrected chi connectivity index (χ4v) is 2.84. The Morgan fingerprint density at radius 1 is 1.12 bits per heavy atom. The van der Waals surface area contributed by atoms with Crippen molar-refractivity contribution in [3.63, 3.8) is 0 Å². The summed E-state index contributed by atoms with van der Waals surface area (Å²) in [6, 6.07) is 12.8. The molecule has 1 heterocycles. The third-order valence-corrected chi connectivity index (χ3v) is 4.40. The molecule has 3 aromatic rings. The lowest BCUT2D eigenvalue weighted by molar-refractivity contribution is 0.0953. The molecule has 0 fully saturated rings. The van der Waals surface area contributed by atoms with Gasteiger partial charge in [0, 0.05) is 27.8 Å². The minimum absolute atomic E-state index is 0.283. The molecule has 122 valence electrons. The van der Waals surface area contributed by atoms with E-state index in [4.69, 9.17) is 23.2 Å². The summed E-state index contributed by atoms with van der Waals surface area (Å²) >= 11 is 15.3. The van der Waals surface area contributed by atoms with E-state index in [0.29, 0.717) is 34.2 Å². The number of fused-ring (bicyclic) bond motifs is 1. The number of carbonyl (C=O) groups excluding carboxylic acids is 1. The van der Waals surface area contributed by atoms with Crippen molar-refractivity contribution >= 4 is 55.9 Å². The van der Waals surface area contributed by atoms with Gasteiger partial charge in [0.05, 0.1) is 10.5 Å². The van der Waals surface area contributed by atoms with Gasteiger partial charge in [-0.15, -0.1) is 11.6 Å². The van der Waals surface area contributed by atoms with Crippen molar-refractivity contribution in [1.29, 1.82) is 0 Å². The molecule has 0 radical (unpaired) electrons. The third kappa shape index (κ3) is 3.53. The second kappa shape index (κ2) is 7.47. The fourth-order valence-electron chi connectivity index (χ4n) is 2.26. The molecule has 3 rings (SSSR count). The van der Waals surface area contributed by atoms with Crippen molar-refractivity contribution in [3.8, 4) is 11.4 Å². The van der Waals surface area contributed by atoms with Crippen LogP contribution >= 0.6 is 39.1 Å². The first-order valence-electron chi connectivity index (χ1n) is 7.16. The van der Waals surface area contributed by atoms with Crippen molar-refractivity contribution in [3.05, 3.63) is 57.7 Å². The van der Waals surface area contributed by atoms with Gasteiger partial charge >= 0.3 is 0 Å². The largest absolute Gasteiger partial charge is 0.349 e. The van der Waals surface area contributed by atoms with Gasteiger partial charge in [0.1, 0.15) is 5.69 Å². The summed E-state index contributed by atoms with van der Waals surface area (Å²) in [5, 5.41) is 3.82. The predicted molar refractivity (Wildman–Crippen MR) is 101 cm³/mol. The molecule has 24 heavy (non-hydrogen) atoms. The van der Waals surface area contributed by atoms with Crippen LogP contribution in [0.4, 0.5) is 0 Å². The van der Waals surface area contributed by atoms with Crippen molar-refractivity contribution in [2.75, 3.05) is 12.4 Å². The molecule has 0 aliphatic rings. The van der Waals surface area contributed by atoms with Crippen LogP contribution in [0.3, 0.4) is 0 Å². The second-order valence-corrected chi connectivity index (χ2v) is 6.68. The average molecular weight is 425 g/mol. The average Bonchev–Trinajstić information content (AvgIpc) is 2.60. The Morgan fingerprint density at radius 3 is 2.58 bits per heavy atom. The number of halogens is 3. The number of aromatic nitrogens is 2. The lowest BCUT2D eigenvalue weighted by atomic mass is 10.1. The van der Waals surface area contributed by atoms with Gasteiger partial charge in [-0.05, 0) is 18.2 Å². The van der Waals surface area contributed by atoms with E-state index in [1.165, 1.54) is 0 Å². The number of nitrogens with one attached hydrogen (secondary N) is 1. The number of alkyl halides is 1. The van der Waals surface area contributed by atoms with E-state index < -0.39 is 0 Å². The Bertz CT molecular complexity index is 900. The predicted octanol–water partition coefficient (Wildman–Crippen LogP) is 4.68. The maximum absolute atomic E-state index is 12.5. The van der Waals surface area contributed by atoms with Crippen molar-refractivity contribution in [2.45, 2.75) is 0 Å². The van der Waals surface area contributed by atoms with E-state index in [0.717, 1.165) is 10.0 Å². The highest BCUT2D eigenvalue weighted by atomic mass is 79.9. The summed E-state index contributed by atoms with van der Waals surface area (Å²) in [4.78, 5) is 21.4. The van der Waals surface area contributed by atoms with E-state index in [-0.39, 0.29) is 11.6 Å². The molecule has 4 nitrogen and oxygen atoms in total. The molecule has 2 aromatic carbocycles. The lowest BCUT2D eigenvalue weighted by Crippen LogP contribution is -2.26. The zero-order valence-corrected chi connectivity index (χ0v) is 15.5. The van der Waals surface area contributed by atoms with E-state index in [2.05, 4.69) is 31.2 Å². The van der Waals surface area contributed by atoms with Crippen molar-refractivity contribution in [2.24, 2.45) is 0 Å². The Balaban J connectivity index is 2.19. The van der Waals surface area contributed by atoms with Crippen LogP contribution in [0, 0.1) is 0 Å². The van der Waals surface area contributed by atoms with Crippen molar-refractivity contribution < 1.29 is 4.79 Å². The first-order valence-corrected chi connectivity index (χ1v) is 8.87. The molecule has 0 saturated carbocycles. The number of para-hydroxylation sites is 1. The van der Waals surface area contributed by atoms with Gasteiger partial charge in [-0.25, -0.2) is 9.97 Å². The molecule has 7 heteroatoms. The smallest absolute Gasteiger partial charge is 0.270 e. The Morgan fingerprint density at radius 2 is 1.88 bits per heavy atom. The number of hydrogen-bond acceptors (Lipinski definition) is 3. The zero-order chi connectivity index (χ0) is 17.1. The summed E-state index contributed by atoms with van der Waals surface area (Å²) in [6.45, 7) is 0.361. The highest BCUT2D eigenvalue weighted by molar-refractivity contribution is 9.10. The van der Waals surface area contributed by atoms with Gasteiger partial charge in [0.25, 0.3) is 5.91 Å². The quantitative estimate of drug-likeness (QED) is 0.618. The summed E-state index contributed by atoms with van der Waals surface area (Å²) < 4.78 is 0.949. The second-order valence-electron chi connectivity index (χ2n) is 4.98. The summed E-state index contributed by atoms with van der Waals surface area (Å²) in [6.07, 6.45) is 0. The van der Waals surface area contributed by atoms with Gasteiger partial charge in [0.15, 0.2) is 5.82 Å². The zero-order valence-electron chi connectivity index (χ0n) is 12.4. The molecule has 0 aliphatic carbocycles. The van der Waals surface area contributed by atoms with Crippen LogP contribution in [0.1, 0.15) is 10.5 Å². The van der Waals surface area contributed by atoms with Crippen LogP contribution in [0.25, 0.3) is 22.3 Å². The number of hydrogen-bond donors (Lipinski definition) is 1. The lowest BCUT2D eigenvalue weighted by Gasteiger charge is -2.10. The highest BCUT2D eigenvalue weighted by Crippen LogP contribution is 2.27. The van der Waals surface area contributed by atoms with Crippen LogP contribution in [-0.4, -0.2) is 28.3 Å². The van der Waals surface area contributed by atoms with Gasteiger partial charge in [0.2, 0.25) is 0 Å². The highest BCUT2D eigenvalue weighted by Gasteiger charge is 2.17. The molecule has 0 aliphatic heterocycles. The van der Waals surface area contributed by atoms with Crippen LogP contribution in [0.15, 0.2) is 46.9 Å². The van der Waals surface area contributed by atoms with Crippen molar-refractivity contribution in [1.82, 2.24) is 15.3 Å². The van der Waals surface area contributed by atoms with Gasteiger partial charge in [-0.2, -0.15) is 0 Å². The van der Waals surface area contributed by atoms with E-state index in [1.54, 1.807) is 18.2 Å². The molecular weight excluding hydrogens is 413 g/mol. The molecule has 0 saturated heterocycles. The maximum atomic E-state index is 12.5. The number of amides is 1. The van der Waals surface area contributed by atoms with Crippen LogP contribution in [0.2, 0.25) is 5.02 Å². The Labute approximate surface area is 157 Å². The van der Waals surface area contributed by atoms with Crippen LogP contribution < -0.4 is 5.32 Å². The molecule has 1 amide bonds. The number of rotatable bonds is 4. The first kappa shape index (κ1) is 17.1. The fraction of sp³-hybridized carbons (Fsp3) is 0.118. The standard InChI is InChI=1S/C17H12BrCl2N3O/c18-11-6-4-10(5-7-11)16-22-14-12(2-1-3-13(14)20)15(23-16)17(24)21-9-8-19/h1-7H,8-9H2,(H,21,24).